The predicted molar refractivity (Wildman–Crippen MR) is 125 cm³/mol. The topological polar surface area (TPSA) is 117 Å². The summed E-state index contributed by atoms with van der Waals surface area (Å²) in [5, 5.41) is 20.7. The Balaban J connectivity index is 1.76. The van der Waals surface area contributed by atoms with Crippen molar-refractivity contribution in [1.82, 2.24) is 15.6 Å². The summed E-state index contributed by atoms with van der Waals surface area (Å²) >= 11 is 0. The van der Waals surface area contributed by atoms with Crippen LogP contribution in [0.15, 0.2) is 88.8 Å². The zero-order valence-electron chi connectivity index (χ0n) is 17.6. The van der Waals surface area contributed by atoms with Gasteiger partial charge in [0.05, 0.1) is 19.0 Å². The van der Waals surface area contributed by atoms with Crippen LogP contribution < -0.4 is 15.7 Å². The molecule has 0 aliphatic heterocycles. The average Bonchev–Trinajstić information content (AvgIpc) is 2.85. The van der Waals surface area contributed by atoms with Gasteiger partial charge in [-0.2, -0.15) is 10.2 Å². The number of benzene rings is 3. The predicted octanol–water partition coefficient (Wildman–Crippen LogP) is 3.58. The van der Waals surface area contributed by atoms with Crippen molar-refractivity contribution in [3.63, 3.8) is 0 Å². The van der Waals surface area contributed by atoms with Crippen molar-refractivity contribution in [2.24, 2.45) is 5.10 Å². The Morgan fingerprint density at radius 1 is 1.00 bits per heavy atom. The molecule has 0 unspecified atom stereocenters. The number of amides is 1. The van der Waals surface area contributed by atoms with E-state index in [1.807, 2.05) is 48.5 Å². The standard InChI is InChI=1S/C25H20N4O4/c1-33-19-14-8-13-18(23(19)30)15-26-28-24(31)21-20(16-9-4-2-5-10-16)22(27-29-25(21)32)17-11-6-3-7-12-17/h2-15,30H,1H3,(H,28,31)(H,29,32)/b26-15+. The Labute approximate surface area is 189 Å². The molecule has 1 heterocycles. The van der Waals surface area contributed by atoms with E-state index in [-0.39, 0.29) is 17.1 Å². The summed E-state index contributed by atoms with van der Waals surface area (Å²) in [7, 11) is 1.43. The Morgan fingerprint density at radius 2 is 1.67 bits per heavy atom. The van der Waals surface area contributed by atoms with Gasteiger partial charge in [0.2, 0.25) is 0 Å². The number of aromatic amines is 1. The SMILES string of the molecule is COc1cccc(/C=N/NC(=O)c2c(-c3ccccc3)c(-c3ccccc3)n[nH]c2=O)c1O. The van der Waals surface area contributed by atoms with E-state index in [1.165, 1.54) is 13.3 Å². The van der Waals surface area contributed by atoms with Crippen molar-refractivity contribution in [2.75, 3.05) is 7.11 Å². The number of nitrogens with zero attached hydrogens (tertiary/aromatic N) is 2. The van der Waals surface area contributed by atoms with Gasteiger partial charge in [-0.05, 0) is 17.7 Å². The molecule has 4 aromatic rings. The third kappa shape index (κ3) is 4.49. The molecular weight excluding hydrogens is 420 g/mol. The number of phenolic OH excluding ortho intramolecular Hbond substituents is 1. The lowest BCUT2D eigenvalue weighted by Gasteiger charge is -2.13. The maximum Gasteiger partial charge on any atom is 0.277 e. The van der Waals surface area contributed by atoms with Gasteiger partial charge in [0.1, 0.15) is 5.56 Å². The molecule has 4 rings (SSSR count). The van der Waals surface area contributed by atoms with Crippen LogP contribution in [0.1, 0.15) is 15.9 Å². The lowest BCUT2D eigenvalue weighted by Crippen LogP contribution is -2.28. The van der Waals surface area contributed by atoms with E-state index < -0.39 is 11.5 Å². The molecule has 0 aliphatic carbocycles. The van der Waals surface area contributed by atoms with Crippen molar-refractivity contribution in [2.45, 2.75) is 0 Å². The number of rotatable bonds is 6. The van der Waals surface area contributed by atoms with Crippen molar-refractivity contribution in [3.8, 4) is 33.9 Å². The smallest absolute Gasteiger partial charge is 0.277 e. The number of aromatic hydroxyl groups is 1. The van der Waals surface area contributed by atoms with Crippen LogP contribution in [0, 0.1) is 0 Å². The van der Waals surface area contributed by atoms with Gasteiger partial charge in [-0.15, -0.1) is 0 Å². The second-order valence-corrected chi connectivity index (χ2v) is 6.98. The van der Waals surface area contributed by atoms with Crippen LogP contribution in [0.2, 0.25) is 0 Å². The highest BCUT2D eigenvalue weighted by atomic mass is 16.5. The number of aromatic nitrogens is 2. The molecule has 0 aliphatic rings. The van der Waals surface area contributed by atoms with Crippen LogP contribution >= 0.6 is 0 Å². The van der Waals surface area contributed by atoms with Crippen LogP contribution in [0.3, 0.4) is 0 Å². The molecule has 0 atom stereocenters. The van der Waals surface area contributed by atoms with Gasteiger partial charge in [-0.25, -0.2) is 10.5 Å². The molecule has 0 radical (unpaired) electrons. The Kier molecular flexibility index (Phi) is 6.26. The third-order valence-electron chi connectivity index (χ3n) is 4.94. The minimum atomic E-state index is -0.715. The fourth-order valence-corrected chi connectivity index (χ4v) is 3.38. The number of phenols is 1. The molecule has 0 spiro atoms. The molecule has 8 heteroatoms. The van der Waals surface area contributed by atoms with E-state index in [0.29, 0.717) is 22.4 Å². The fourth-order valence-electron chi connectivity index (χ4n) is 3.38. The second-order valence-electron chi connectivity index (χ2n) is 6.98. The van der Waals surface area contributed by atoms with Gasteiger partial charge < -0.3 is 9.84 Å². The van der Waals surface area contributed by atoms with E-state index in [9.17, 15) is 14.7 Å². The molecule has 33 heavy (non-hydrogen) atoms. The summed E-state index contributed by atoms with van der Waals surface area (Å²) in [4.78, 5) is 25.8. The highest BCUT2D eigenvalue weighted by Gasteiger charge is 2.22. The number of methoxy groups -OCH3 is 1. The van der Waals surface area contributed by atoms with Crippen LogP contribution in [0.5, 0.6) is 11.5 Å². The number of ether oxygens (including phenoxy) is 1. The maximum absolute atomic E-state index is 13.1. The Hall–Kier alpha value is -4.72. The highest BCUT2D eigenvalue weighted by Crippen LogP contribution is 2.31. The first-order chi connectivity index (χ1) is 16.1. The molecule has 1 amide bonds. The maximum atomic E-state index is 13.1. The first-order valence-corrected chi connectivity index (χ1v) is 10.0. The molecule has 3 aromatic carbocycles. The van der Waals surface area contributed by atoms with Gasteiger partial charge in [0.15, 0.2) is 11.5 Å². The number of nitrogens with one attached hydrogen (secondary N) is 2. The van der Waals surface area contributed by atoms with E-state index in [1.54, 1.807) is 30.3 Å². The van der Waals surface area contributed by atoms with E-state index in [2.05, 4.69) is 20.7 Å². The first kappa shape index (κ1) is 21.5. The summed E-state index contributed by atoms with van der Waals surface area (Å²) in [6, 6.07) is 23.2. The minimum Gasteiger partial charge on any atom is -0.504 e. The molecule has 1 aromatic heterocycles. The van der Waals surface area contributed by atoms with Gasteiger partial charge in [0.25, 0.3) is 11.5 Å². The molecule has 0 saturated heterocycles. The van der Waals surface area contributed by atoms with Crippen LogP contribution in [-0.2, 0) is 0 Å². The van der Waals surface area contributed by atoms with Crippen molar-refractivity contribution in [1.29, 1.82) is 0 Å². The van der Waals surface area contributed by atoms with E-state index in [0.717, 1.165) is 5.56 Å². The third-order valence-corrected chi connectivity index (χ3v) is 4.94. The minimum absolute atomic E-state index is 0.115. The highest BCUT2D eigenvalue weighted by molar-refractivity contribution is 6.04. The van der Waals surface area contributed by atoms with Crippen molar-refractivity contribution < 1.29 is 14.6 Å². The van der Waals surface area contributed by atoms with E-state index in [4.69, 9.17) is 4.74 Å². The monoisotopic (exact) mass is 440 g/mol. The molecule has 3 N–H and O–H groups in total. The zero-order valence-corrected chi connectivity index (χ0v) is 17.6. The number of H-pyrrole nitrogens is 1. The first-order valence-electron chi connectivity index (χ1n) is 10.0. The van der Waals surface area contributed by atoms with Gasteiger partial charge in [0, 0.05) is 16.7 Å². The van der Waals surface area contributed by atoms with Gasteiger partial charge in [-0.1, -0.05) is 66.7 Å². The number of hydrogen-bond donors (Lipinski definition) is 3. The lowest BCUT2D eigenvalue weighted by atomic mass is 9.95. The lowest BCUT2D eigenvalue weighted by molar-refractivity contribution is 0.0954. The summed E-state index contributed by atoms with van der Waals surface area (Å²) in [5.41, 5.74) is 4.20. The van der Waals surface area contributed by atoms with Crippen LogP contribution in [0.25, 0.3) is 22.4 Å². The van der Waals surface area contributed by atoms with Crippen molar-refractivity contribution in [3.05, 3.63) is 100 Å². The van der Waals surface area contributed by atoms with Crippen LogP contribution in [0.4, 0.5) is 0 Å². The van der Waals surface area contributed by atoms with Crippen molar-refractivity contribution >= 4 is 12.1 Å². The van der Waals surface area contributed by atoms with Crippen LogP contribution in [-0.4, -0.2) is 34.5 Å². The molecule has 0 fully saturated rings. The summed E-state index contributed by atoms with van der Waals surface area (Å²) < 4.78 is 5.07. The number of hydrogen-bond acceptors (Lipinski definition) is 6. The summed E-state index contributed by atoms with van der Waals surface area (Å²) in [6.07, 6.45) is 1.27. The molecule has 0 bridgehead atoms. The normalized spacial score (nSPS) is 10.8. The number of para-hydroxylation sites is 1. The molecule has 8 nitrogen and oxygen atoms in total. The average molecular weight is 440 g/mol. The molecule has 0 saturated carbocycles. The van der Waals surface area contributed by atoms with Gasteiger partial charge >= 0.3 is 0 Å². The largest absolute Gasteiger partial charge is 0.504 e. The number of carbonyl (C=O) groups excluding carboxylic acids is 1. The molecule has 164 valence electrons. The number of hydrazone groups is 1. The molecular formula is C25H20N4O4. The van der Waals surface area contributed by atoms with Gasteiger partial charge in [-0.3, -0.25) is 9.59 Å². The fraction of sp³-hybridized carbons (Fsp3) is 0.0400. The Morgan fingerprint density at radius 3 is 2.33 bits per heavy atom. The van der Waals surface area contributed by atoms with E-state index >= 15 is 0 Å². The quantitative estimate of drug-likeness (QED) is 0.313. The summed E-state index contributed by atoms with van der Waals surface area (Å²) in [5.74, 6) is -0.556. The Bertz CT molecular complexity index is 1370. The number of carbonyl (C=O) groups is 1. The second kappa shape index (κ2) is 9.61. The zero-order chi connectivity index (χ0) is 23.2. The summed E-state index contributed by atoms with van der Waals surface area (Å²) in [6.45, 7) is 0.